The first-order chi connectivity index (χ1) is 13.0. The van der Waals surface area contributed by atoms with E-state index in [0.29, 0.717) is 16.8 Å². The van der Waals surface area contributed by atoms with Crippen molar-refractivity contribution in [2.75, 3.05) is 18.5 Å². The maximum atomic E-state index is 12.4. The number of para-hydroxylation sites is 1. The predicted octanol–water partition coefficient (Wildman–Crippen LogP) is 3.22. The van der Waals surface area contributed by atoms with E-state index in [-0.39, 0.29) is 25.5 Å². The summed E-state index contributed by atoms with van der Waals surface area (Å²) >= 11 is 0. The van der Waals surface area contributed by atoms with Crippen molar-refractivity contribution in [1.82, 2.24) is 0 Å². The Balaban J connectivity index is 2.15. The van der Waals surface area contributed by atoms with Gasteiger partial charge >= 0.3 is 11.9 Å². The number of ether oxygens (including phenoxy) is 2. The monoisotopic (exact) mass is 369 g/mol. The molecule has 6 heteroatoms. The van der Waals surface area contributed by atoms with E-state index < -0.39 is 17.9 Å². The van der Waals surface area contributed by atoms with Crippen LogP contribution in [0, 0.1) is 5.92 Å². The minimum absolute atomic E-state index is 0.101. The van der Waals surface area contributed by atoms with Crippen LogP contribution in [0.15, 0.2) is 54.6 Å². The second-order valence-electron chi connectivity index (χ2n) is 5.78. The van der Waals surface area contributed by atoms with Gasteiger partial charge in [-0.2, -0.15) is 0 Å². The largest absolute Gasteiger partial charge is 0.465 e. The van der Waals surface area contributed by atoms with Gasteiger partial charge in [-0.15, -0.1) is 0 Å². The summed E-state index contributed by atoms with van der Waals surface area (Å²) in [6.45, 7) is 3.70. The van der Waals surface area contributed by atoms with Crippen molar-refractivity contribution in [2.24, 2.45) is 5.92 Å². The molecule has 6 nitrogen and oxygen atoms in total. The first-order valence-electron chi connectivity index (χ1n) is 8.83. The van der Waals surface area contributed by atoms with Crippen LogP contribution in [-0.2, 0) is 25.5 Å². The Kier molecular flexibility index (Phi) is 7.55. The second kappa shape index (κ2) is 10.1. The van der Waals surface area contributed by atoms with E-state index in [9.17, 15) is 14.4 Å². The van der Waals surface area contributed by atoms with Crippen molar-refractivity contribution in [3.05, 3.63) is 65.7 Å². The van der Waals surface area contributed by atoms with Gasteiger partial charge in [0.05, 0.1) is 13.2 Å². The zero-order valence-electron chi connectivity index (χ0n) is 15.4. The Hall–Kier alpha value is -3.15. The molecule has 0 bridgehead atoms. The molecule has 142 valence electrons. The van der Waals surface area contributed by atoms with Gasteiger partial charge < -0.3 is 14.8 Å². The fourth-order valence-electron chi connectivity index (χ4n) is 2.55. The summed E-state index contributed by atoms with van der Waals surface area (Å²) in [5.74, 6) is -2.59. The van der Waals surface area contributed by atoms with E-state index in [0.717, 1.165) is 0 Å². The molecular weight excluding hydrogens is 346 g/mol. The first kappa shape index (κ1) is 20.2. The highest BCUT2D eigenvalue weighted by atomic mass is 16.6. The Labute approximate surface area is 158 Å². The number of benzene rings is 2. The van der Waals surface area contributed by atoms with E-state index >= 15 is 0 Å². The Morgan fingerprint density at radius 3 is 2.11 bits per heavy atom. The third-order valence-corrected chi connectivity index (χ3v) is 3.80. The molecule has 0 aromatic heterocycles. The fraction of sp³-hybridized carbons (Fsp3) is 0.286. The molecule has 0 fully saturated rings. The van der Waals surface area contributed by atoms with Crippen LogP contribution in [0.1, 0.15) is 29.8 Å². The summed E-state index contributed by atoms with van der Waals surface area (Å²) in [7, 11) is 0. The topological polar surface area (TPSA) is 81.7 Å². The SMILES string of the molecule is CCOC(=O)C(Cc1cccc(C(=O)Nc2ccccc2)c1)C(=O)OCC. The maximum Gasteiger partial charge on any atom is 0.320 e. The van der Waals surface area contributed by atoms with Crippen molar-refractivity contribution in [3.8, 4) is 0 Å². The Morgan fingerprint density at radius 2 is 1.52 bits per heavy atom. The lowest BCUT2D eigenvalue weighted by atomic mass is 9.97. The molecule has 0 aliphatic carbocycles. The number of esters is 2. The number of nitrogens with one attached hydrogen (secondary N) is 1. The van der Waals surface area contributed by atoms with Crippen LogP contribution in [0.5, 0.6) is 0 Å². The van der Waals surface area contributed by atoms with Gasteiger partial charge in [-0.25, -0.2) is 0 Å². The van der Waals surface area contributed by atoms with E-state index in [1.165, 1.54) is 0 Å². The molecule has 2 rings (SSSR count). The summed E-state index contributed by atoms with van der Waals surface area (Å²) in [5.41, 5.74) is 1.79. The molecule has 0 spiro atoms. The van der Waals surface area contributed by atoms with Gasteiger partial charge in [-0.3, -0.25) is 14.4 Å². The van der Waals surface area contributed by atoms with Crippen molar-refractivity contribution < 1.29 is 23.9 Å². The van der Waals surface area contributed by atoms with Crippen LogP contribution in [0.25, 0.3) is 0 Å². The van der Waals surface area contributed by atoms with Crippen LogP contribution in [0.3, 0.4) is 0 Å². The molecule has 0 radical (unpaired) electrons. The van der Waals surface area contributed by atoms with Crippen LogP contribution in [0.4, 0.5) is 5.69 Å². The summed E-state index contributed by atoms with van der Waals surface area (Å²) in [5, 5.41) is 2.80. The van der Waals surface area contributed by atoms with Gasteiger partial charge in [0.1, 0.15) is 0 Å². The van der Waals surface area contributed by atoms with Crippen LogP contribution in [0.2, 0.25) is 0 Å². The third kappa shape index (κ3) is 5.95. The molecule has 1 N–H and O–H groups in total. The molecule has 27 heavy (non-hydrogen) atoms. The number of amides is 1. The van der Waals surface area contributed by atoms with Gasteiger partial charge in [0.2, 0.25) is 0 Å². The zero-order valence-corrected chi connectivity index (χ0v) is 15.4. The van der Waals surface area contributed by atoms with Crippen LogP contribution >= 0.6 is 0 Å². The van der Waals surface area contributed by atoms with E-state index in [1.807, 2.05) is 18.2 Å². The van der Waals surface area contributed by atoms with Gasteiger partial charge in [-0.1, -0.05) is 30.3 Å². The highest BCUT2D eigenvalue weighted by Gasteiger charge is 2.29. The zero-order chi connectivity index (χ0) is 19.6. The highest BCUT2D eigenvalue weighted by Crippen LogP contribution is 2.16. The maximum absolute atomic E-state index is 12.4. The summed E-state index contributed by atoms with van der Waals surface area (Å²) in [6, 6.07) is 15.9. The van der Waals surface area contributed by atoms with Gasteiger partial charge in [-0.05, 0) is 50.1 Å². The van der Waals surface area contributed by atoms with Crippen molar-refractivity contribution in [2.45, 2.75) is 20.3 Å². The lowest BCUT2D eigenvalue weighted by molar-refractivity contribution is -0.161. The summed E-state index contributed by atoms with van der Waals surface area (Å²) in [4.78, 5) is 36.7. The molecule has 0 heterocycles. The second-order valence-corrected chi connectivity index (χ2v) is 5.78. The lowest BCUT2D eigenvalue weighted by Crippen LogP contribution is -2.30. The minimum atomic E-state index is -1.06. The van der Waals surface area contributed by atoms with E-state index in [4.69, 9.17) is 9.47 Å². The van der Waals surface area contributed by atoms with Crippen molar-refractivity contribution >= 4 is 23.5 Å². The lowest BCUT2D eigenvalue weighted by Gasteiger charge is -2.15. The quantitative estimate of drug-likeness (QED) is 0.571. The van der Waals surface area contributed by atoms with Crippen molar-refractivity contribution in [1.29, 1.82) is 0 Å². The fourth-order valence-corrected chi connectivity index (χ4v) is 2.55. The number of rotatable bonds is 8. The molecule has 0 aliphatic rings. The van der Waals surface area contributed by atoms with Gasteiger partial charge in [0, 0.05) is 11.3 Å². The predicted molar refractivity (Wildman–Crippen MR) is 101 cm³/mol. The normalized spacial score (nSPS) is 10.3. The summed E-state index contributed by atoms with van der Waals surface area (Å²) in [6.07, 6.45) is 0.101. The standard InChI is InChI=1S/C21H23NO5/c1-3-26-20(24)18(21(25)27-4-2)14-15-9-8-10-16(13-15)19(23)22-17-11-6-5-7-12-17/h5-13,18H,3-4,14H2,1-2H3,(H,22,23). The molecule has 0 saturated heterocycles. The molecule has 2 aromatic rings. The molecule has 1 amide bonds. The number of hydrogen-bond donors (Lipinski definition) is 1. The minimum Gasteiger partial charge on any atom is -0.465 e. The number of hydrogen-bond acceptors (Lipinski definition) is 5. The average molecular weight is 369 g/mol. The smallest absolute Gasteiger partial charge is 0.320 e. The molecule has 0 aliphatic heterocycles. The van der Waals surface area contributed by atoms with Gasteiger partial charge in [0.25, 0.3) is 5.91 Å². The first-order valence-corrected chi connectivity index (χ1v) is 8.83. The highest BCUT2D eigenvalue weighted by molar-refractivity contribution is 6.04. The molecule has 0 unspecified atom stereocenters. The number of anilines is 1. The molecule has 0 atom stereocenters. The molecule has 0 saturated carbocycles. The van der Waals surface area contributed by atoms with E-state index in [1.54, 1.807) is 50.2 Å². The van der Waals surface area contributed by atoms with Gasteiger partial charge in [0.15, 0.2) is 5.92 Å². The Bertz CT molecular complexity index is 770. The molecule has 2 aromatic carbocycles. The van der Waals surface area contributed by atoms with Crippen molar-refractivity contribution in [3.63, 3.8) is 0 Å². The average Bonchev–Trinajstić information content (AvgIpc) is 2.67. The number of carbonyl (C=O) groups excluding carboxylic acids is 3. The number of carbonyl (C=O) groups is 3. The van der Waals surface area contributed by atoms with E-state index in [2.05, 4.69) is 5.32 Å². The third-order valence-electron chi connectivity index (χ3n) is 3.80. The Morgan fingerprint density at radius 1 is 0.889 bits per heavy atom. The van der Waals surface area contributed by atoms with Crippen LogP contribution < -0.4 is 5.32 Å². The molecular formula is C21H23NO5. The van der Waals surface area contributed by atoms with Crippen LogP contribution in [-0.4, -0.2) is 31.1 Å². The summed E-state index contributed by atoms with van der Waals surface area (Å²) < 4.78 is 9.96.